The molecular formula is C12H9FN4OS. The molecular weight excluding hydrogens is 267 g/mol. The largest absolute Gasteiger partial charge is 0.293 e. The van der Waals surface area contributed by atoms with Crippen LogP contribution in [-0.2, 0) is 13.5 Å². The number of benzene rings is 1. The summed E-state index contributed by atoms with van der Waals surface area (Å²) in [6.45, 7) is 0. The van der Waals surface area contributed by atoms with Gasteiger partial charge < -0.3 is 0 Å². The molecule has 2 aromatic heterocycles. The van der Waals surface area contributed by atoms with Crippen LogP contribution in [0.5, 0.6) is 0 Å². The second-order valence-corrected chi connectivity index (χ2v) is 5.17. The Hall–Kier alpha value is -2.15. The van der Waals surface area contributed by atoms with E-state index in [2.05, 4.69) is 15.4 Å². The van der Waals surface area contributed by atoms with Gasteiger partial charge in [-0.3, -0.25) is 4.79 Å². The standard InChI is InChI=1S/C12H9FN4OS/c1-17-15-12(14-16-17)6-9(18)11-4-7-2-3-8(13)5-10(7)19-11/h2-5H,6H2,1H3. The summed E-state index contributed by atoms with van der Waals surface area (Å²) in [6, 6.07) is 6.24. The number of ketones is 1. The Morgan fingerprint density at radius 1 is 1.42 bits per heavy atom. The lowest BCUT2D eigenvalue weighted by atomic mass is 10.2. The molecule has 0 aliphatic rings. The third-order valence-electron chi connectivity index (χ3n) is 2.63. The highest BCUT2D eigenvalue weighted by atomic mass is 32.1. The quantitative estimate of drug-likeness (QED) is 0.686. The number of aromatic nitrogens is 4. The number of halogens is 1. The highest BCUT2D eigenvalue weighted by Crippen LogP contribution is 2.27. The van der Waals surface area contributed by atoms with Gasteiger partial charge in [0.25, 0.3) is 0 Å². The molecule has 5 nitrogen and oxygen atoms in total. The van der Waals surface area contributed by atoms with Crippen LogP contribution in [0.4, 0.5) is 4.39 Å². The molecule has 0 bridgehead atoms. The van der Waals surface area contributed by atoms with Gasteiger partial charge in [0, 0.05) is 4.70 Å². The number of rotatable bonds is 3. The zero-order chi connectivity index (χ0) is 13.4. The Kier molecular flexibility index (Phi) is 2.83. The zero-order valence-corrected chi connectivity index (χ0v) is 10.8. The average molecular weight is 276 g/mol. The van der Waals surface area contributed by atoms with Gasteiger partial charge in [-0.15, -0.1) is 21.5 Å². The third kappa shape index (κ3) is 2.37. The van der Waals surface area contributed by atoms with E-state index in [0.717, 1.165) is 10.1 Å². The van der Waals surface area contributed by atoms with Crippen LogP contribution >= 0.6 is 11.3 Å². The molecule has 0 unspecified atom stereocenters. The molecule has 96 valence electrons. The Bertz CT molecular complexity index is 764. The number of thiophene rings is 1. The van der Waals surface area contributed by atoms with Gasteiger partial charge in [-0.25, -0.2) is 4.39 Å². The van der Waals surface area contributed by atoms with E-state index in [9.17, 15) is 9.18 Å². The number of tetrazole rings is 1. The normalized spacial score (nSPS) is 11.1. The molecule has 0 aliphatic carbocycles. The van der Waals surface area contributed by atoms with Crippen molar-refractivity contribution in [2.75, 3.05) is 0 Å². The molecule has 0 N–H and O–H groups in total. The van der Waals surface area contributed by atoms with E-state index in [4.69, 9.17) is 0 Å². The summed E-state index contributed by atoms with van der Waals surface area (Å²) in [6.07, 6.45) is 0.100. The second kappa shape index (κ2) is 4.51. The van der Waals surface area contributed by atoms with E-state index >= 15 is 0 Å². The van der Waals surface area contributed by atoms with Crippen LogP contribution in [0.25, 0.3) is 10.1 Å². The van der Waals surface area contributed by atoms with Crippen molar-refractivity contribution >= 4 is 27.2 Å². The predicted octanol–water partition coefficient (Wildman–Crippen LogP) is 1.99. The minimum Gasteiger partial charge on any atom is -0.293 e. The van der Waals surface area contributed by atoms with Gasteiger partial charge in [-0.1, -0.05) is 6.07 Å². The minimum absolute atomic E-state index is 0.0883. The van der Waals surface area contributed by atoms with E-state index in [1.165, 1.54) is 28.3 Å². The monoisotopic (exact) mass is 276 g/mol. The summed E-state index contributed by atoms with van der Waals surface area (Å²) in [5, 5.41) is 12.3. The van der Waals surface area contributed by atoms with Crippen LogP contribution in [0.15, 0.2) is 24.3 Å². The van der Waals surface area contributed by atoms with Gasteiger partial charge in [0.05, 0.1) is 18.3 Å². The number of hydrogen-bond acceptors (Lipinski definition) is 5. The first kappa shape index (κ1) is 11.9. The third-order valence-corrected chi connectivity index (χ3v) is 3.76. The van der Waals surface area contributed by atoms with E-state index in [1.54, 1.807) is 19.2 Å². The smallest absolute Gasteiger partial charge is 0.182 e. The average Bonchev–Trinajstić information content (AvgIpc) is 2.95. The van der Waals surface area contributed by atoms with Gasteiger partial charge in [0.2, 0.25) is 0 Å². The topological polar surface area (TPSA) is 60.7 Å². The molecule has 3 rings (SSSR count). The molecule has 19 heavy (non-hydrogen) atoms. The molecule has 0 aliphatic heterocycles. The van der Waals surface area contributed by atoms with Gasteiger partial charge in [-0.05, 0) is 28.8 Å². The van der Waals surface area contributed by atoms with E-state index < -0.39 is 0 Å². The van der Waals surface area contributed by atoms with Gasteiger partial charge >= 0.3 is 0 Å². The van der Waals surface area contributed by atoms with Gasteiger partial charge in [-0.2, -0.15) is 4.80 Å². The number of fused-ring (bicyclic) bond motifs is 1. The van der Waals surface area contributed by atoms with Crippen LogP contribution in [-0.4, -0.2) is 26.0 Å². The van der Waals surface area contributed by atoms with Crippen molar-refractivity contribution in [3.63, 3.8) is 0 Å². The lowest BCUT2D eigenvalue weighted by molar-refractivity contribution is 0.0994. The lowest BCUT2D eigenvalue weighted by Crippen LogP contribution is -2.03. The fraction of sp³-hybridized carbons (Fsp3) is 0.167. The Labute approximate surface area is 111 Å². The van der Waals surface area contributed by atoms with Gasteiger partial charge in [0.1, 0.15) is 5.82 Å². The first-order valence-corrected chi connectivity index (χ1v) is 6.38. The fourth-order valence-corrected chi connectivity index (χ4v) is 2.79. The highest BCUT2D eigenvalue weighted by Gasteiger charge is 2.14. The summed E-state index contributed by atoms with van der Waals surface area (Å²) < 4.78 is 13.8. The molecule has 1 aromatic carbocycles. The predicted molar refractivity (Wildman–Crippen MR) is 68.6 cm³/mol. The SMILES string of the molecule is Cn1nnc(CC(=O)c2cc3ccc(F)cc3s2)n1. The molecule has 0 amide bonds. The summed E-state index contributed by atoms with van der Waals surface area (Å²) in [7, 11) is 1.64. The molecule has 0 saturated heterocycles. The maximum absolute atomic E-state index is 13.1. The molecule has 0 fully saturated rings. The van der Waals surface area contributed by atoms with Crippen molar-refractivity contribution in [2.45, 2.75) is 6.42 Å². The van der Waals surface area contributed by atoms with E-state index in [1.807, 2.05) is 0 Å². The summed E-state index contributed by atoms with van der Waals surface area (Å²) in [5.74, 6) is -0.00492. The Balaban J connectivity index is 1.89. The van der Waals surface area contributed by atoms with Crippen LogP contribution in [0, 0.1) is 5.82 Å². The van der Waals surface area contributed by atoms with Crippen molar-refractivity contribution in [1.29, 1.82) is 0 Å². The molecule has 7 heteroatoms. The van der Waals surface area contributed by atoms with Gasteiger partial charge in [0.15, 0.2) is 11.6 Å². The summed E-state index contributed by atoms with van der Waals surface area (Å²) >= 11 is 1.27. The van der Waals surface area contributed by atoms with Crippen molar-refractivity contribution in [3.05, 3.63) is 40.8 Å². The Morgan fingerprint density at radius 3 is 3.00 bits per heavy atom. The number of nitrogens with zero attached hydrogens (tertiary/aromatic N) is 4. The highest BCUT2D eigenvalue weighted by molar-refractivity contribution is 7.20. The minimum atomic E-state index is -0.302. The first-order chi connectivity index (χ1) is 9.11. The number of hydrogen-bond donors (Lipinski definition) is 0. The Morgan fingerprint density at radius 2 is 2.26 bits per heavy atom. The first-order valence-electron chi connectivity index (χ1n) is 5.57. The second-order valence-electron chi connectivity index (χ2n) is 4.09. The zero-order valence-electron chi connectivity index (χ0n) is 10.00. The van der Waals surface area contributed by atoms with Crippen LogP contribution < -0.4 is 0 Å². The molecule has 2 heterocycles. The molecule has 0 atom stereocenters. The number of carbonyl (C=O) groups is 1. The number of carbonyl (C=O) groups excluding carboxylic acids is 1. The summed E-state index contributed by atoms with van der Waals surface area (Å²) in [4.78, 5) is 14.0. The molecule has 0 spiro atoms. The van der Waals surface area contributed by atoms with Crippen LogP contribution in [0.3, 0.4) is 0 Å². The van der Waals surface area contributed by atoms with E-state index in [-0.39, 0.29) is 18.0 Å². The molecule has 0 saturated carbocycles. The summed E-state index contributed by atoms with van der Waals surface area (Å²) in [5.41, 5.74) is 0. The molecule has 3 aromatic rings. The maximum atomic E-state index is 13.1. The van der Waals surface area contributed by atoms with Crippen molar-refractivity contribution in [3.8, 4) is 0 Å². The molecule has 0 radical (unpaired) electrons. The lowest BCUT2D eigenvalue weighted by Gasteiger charge is -1.91. The van der Waals surface area contributed by atoms with Crippen molar-refractivity contribution in [2.24, 2.45) is 7.05 Å². The van der Waals surface area contributed by atoms with Crippen molar-refractivity contribution < 1.29 is 9.18 Å². The maximum Gasteiger partial charge on any atom is 0.182 e. The van der Waals surface area contributed by atoms with Crippen LogP contribution in [0.2, 0.25) is 0 Å². The van der Waals surface area contributed by atoms with Crippen LogP contribution in [0.1, 0.15) is 15.5 Å². The van der Waals surface area contributed by atoms with E-state index in [0.29, 0.717) is 10.7 Å². The number of aryl methyl sites for hydroxylation is 1. The number of Topliss-reactive ketones (excluding diaryl/α,β-unsaturated/α-hetero) is 1. The fourth-order valence-electron chi connectivity index (χ4n) is 1.77. The van der Waals surface area contributed by atoms with Crippen molar-refractivity contribution in [1.82, 2.24) is 20.2 Å².